The number of rotatable bonds is 47. The first-order valence-corrected chi connectivity index (χ1v) is 27.2. The second kappa shape index (κ2) is 54.4. The summed E-state index contributed by atoms with van der Waals surface area (Å²) in [6.07, 6.45) is 74.7. The first-order valence-electron chi connectivity index (χ1n) is 27.2. The van der Waals surface area contributed by atoms with Crippen LogP contribution in [0.1, 0.15) is 226 Å². The fraction of sp³-hybridized carbons (Fsp3) is 0.623. The SMILES string of the molecule is CC/C=C/C=C/C=C/C=C/C=C/C=C/CCCCCC(=O)OC(COC(=O)CCCCCCC/C=C/C=C/C=C/CC)COC(=O)CCCCCCCCC/C=C/CCCCCCCCCC. The number of unbranched alkanes of at least 4 members (excludes halogenated alkanes) is 23. The molecule has 0 aromatic rings. The van der Waals surface area contributed by atoms with E-state index >= 15 is 0 Å². The van der Waals surface area contributed by atoms with Crippen molar-refractivity contribution in [3.05, 3.63) is 122 Å². The molecule has 6 nitrogen and oxygen atoms in total. The lowest BCUT2D eigenvalue weighted by molar-refractivity contribution is -0.167. The molecule has 0 saturated heterocycles. The molecule has 0 rings (SSSR count). The van der Waals surface area contributed by atoms with Gasteiger partial charge in [-0.25, -0.2) is 0 Å². The summed E-state index contributed by atoms with van der Waals surface area (Å²) in [5, 5.41) is 0. The number of ether oxygens (including phenoxy) is 3. The Morgan fingerprint density at radius 2 is 0.597 bits per heavy atom. The van der Waals surface area contributed by atoms with Gasteiger partial charge < -0.3 is 14.2 Å². The largest absolute Gasteiger partial charge is 0.462 e. The number of carbonyl (C=O) groups is 3. The molecule has 0 amide bonds. The van der Waals surface area contributed by atoms with E-state index in [9.17, 15) is 14.4 Å². The van der Waals surface area contributed by atoms with Crippen LogP contribution in [0.5, 0.6) is 0 Å². The summed E-state index contributed by atoms with van der Waals surface area (Å²) < 4.78 is 16.8. The van der Waals surface area contributed by atoms with E-state index < -0.39 is 6.10 Å². The molecule has 0 spiro atoms. The van der Waals surface area contributed by atoms with Gasteiger partial charge in [-0.15, -0.1) is 0 Å². The van der Waals surface area contributed by atoms with E-state index in [0.29, 0.717) is 19.3 Å². The third-order valence-corrected chi connectivity index (χ3v) is 11.2. The average molecular weight is 927 g/mol. The highest BCUT2D eigenvalue weighted by Crippen LogP contribution is 2.14. The van der Waals surface area contributed by atoms with Crippen molar-refractivity contribution in [2.45, 2.75) is 232 Å². The Hall–Kier alpha value is -4.19. The third kappa shape index (κ3) is 52.6. The maximum atomic E-state index is 12.8. The topological polar surface area (TPSA) is 78.9 Å². The Morgan fingerprint density at radius 3 is 0.970 bits per heavy atom. The van der Waals surface area contributed by atoms with Crippen molar-refractivity contribution in [2.75, 3.05) is 13.2 Å². The predicted molar refractivity (Wildman–Crippen MR) is 288 cm³/mol. The van der Waals surface area contributed by atoms with Crippen molar-refractivity contribution in [3.63, 3.8) is 0 Å². The molecule has 0 radical (unpaired) electrons. The van der Waals surface area contributed by atoms with Crippen molar-refractivity contribution < 1.29 is 28.6 Å². The maximum Gasteiger partial charge on any atom is 0.306 e. The average Bonchev–Trinajstić information content (AvgIpc) is 3.33. The molecule has 0 saturated carbocycles. The van der Waals surface area contributed by atoms with E-state index in [4.69, 9.17) is 14.2 Å². The van der Waals surface area contributed by atoms with Gasteiger partial charge in [0.1, 0.15) is 13.2 Å². The molecule has 1 unspecified atom stereocenters. The van der Waals surface area contributed by atoms with E-state index in [1.54, 1.807) is 0 Å². The van der Waals surface area contributed by atoms with E-state index in [2.05, 4.69) is 81.5 Å². The molecular weight excluding hydrogens is 829 g/mol. The standard InChI is InChI=1S/C61H98O6/c1-4-7-10-13-16-19-22-25-27-29-30-32-33-36-39-42-45-48-51-54-60(63)66-57-58(56-65-59(62)53-50-47-44-41-38-35-24-21-18-15-12-9-6-3)67-61(64)55-52-49-46-43-40-37-34-31-28-26-23-20-17-14-11-8-5-2/h8-9,11-12,14-15,17-18,20-21,23-24,26,28-31,34,37,40,58H,4-7,10,13,16,19,22,25,27,32-33,35-36,38-39,41-57H2,1-3H3/b11-8+,12-9+,17-14+,18-15+,23-20+,24-21+,28-26+,30-29+,34-31+,40-37+. The second-order valence-electron chi connectivity index (χ2n) is 17.6. The molecule has 6 heteroatoms. The van der Waals surface area contributed by atoms with Crippen LogP contribution < -0.4 is 0 Å². The smallest absolute Gasteiger partial charge is 0.306 e. The van der Waals surface area contributed by atoms with Crippen LogP contribution in [0.3, 0.4) is 0 Å². The highest BCUT2D eigenvalue weighted by Gasteiger charge is 2.19. The van der Waals surface area contributed by atoms with Crippen LogP contribution in [0.2, 0.25) is 0 Å². The third-order valence-electron chi connectivity index (χ3n) is 11.2. The molecule has 0 aliphatic carbocycles. The fourth-order valence-corrected chi connectivity index (χ4v) is 7.11. The Balaban J connectivity index is 4.50. The van der Waals surface area contributed by atoms with Crippen molar-refractivity contribution >= 4 is 17.9 Å². The monoisotopic (exact) mass is 927 g/mol. The Bertz CT molecular complexity index is 1440. The van der Waals surface area contributed by atoms with E-state index in [-0.39, 0.29) is 37.5 Å². The van der Waals surface area contributed by atoms with Crippen LogP contribution in [-0.4, -0.2) is 37.2 Å². The van der Waals surface area contributed by atoms with Gasteiger partial charge in [0.2, 0.25) is 0 Å². The van der Waals surface area contributed by atoms with Gasteiger partial charge in [0.15, 0.2) is 6.10 Å². The molecule has 0 fully saturated rings. The van der Waals surface area contributed by atoms with Gasteiger partial charge in [0.25, 0.3) is 0 Å². The Kier molecular flexibility index (Phi) is 51.0. The lowest BCUT2D eigenvalue weighted by Crippen LogP contribution is -2.30. The summed E-state index contributed by atoms with van der Waals surface area (Å²) in [6, 6.07) is 0. The van der Waals surface area contributed by atoms with Crippen molar-refractivity contribution in [1.29, 1.82) is 0 Å². The molecule has 67 heavy (non-hydrogen) atoms. The van der Waals surface area contributed by atoms with Crippen LogP contribution in [0, 0.1) is 0 Å². The summed E-state index contributed by atoms with van der Waals surface area (Å²) >= 11 is 0. The van der Waals surface area contributed by atoms with Gasteiger partial charge in [-0.05, 0) is 83.5 Å². The lowest BCUT2D eigenvalue weighted by atomic mass is 10.1. The fourth-order valence-electron chi connectivity index (χ4n) is 7.11. The van der Waals surface area contributed by atoms with Gasteiger partial charge in [-0.3, -0.25) is 14.4 Å². The minimum atomic E-state index is -0.815. The summed E-state index contributed by atoms with van der Waals surface area (Å²) in [6.45, 7) is 6.29. The minimum absolute atomic E-state index is 0.109. The van der Waals surface area contributed by atoms with E-state index in [0.717, 1.165) is 89.9 Å². The summed E-state index contributed by atoms with van der Waals surface area (Å²) in [7, 11) is 0. The highest BCUT2D eigenvalue weighted by molar-refractivity contribution is 5.71. The number of allylic oxidation sites excluding steroid dienone is 20. The second-order valence-corrected chi connectivity index (χ2v) is 17.6. The molecule has 0 aromatic carbocycles. The first-order chi connectivity index (χ1) is 33.0. The molecule has 378 valence electrons. The van der Waals surface area contributed by atoms with Crippen LogP contribution >= 0.6 is 0 Å². The number of hydrogen-bond acceptors (Lipinski definition) is 6. The zero-order valence-electron chi connectivity index (χ0n) is 43.1. The van der Waals surface area contributed by atoms with E-state index in [1.807, 2.05) is 60.8 Å². The van der Waals surface area contributed by atoms with Crippen molar-refractivity contribution in [3.8, 4) is 0 Å². The summed E-state index contributed by atoms with van der Waals surface area (Å²) in [4.78, 5) is 38.1. The normalized spacial score (nSPS) is 13.1. The summed E-state index contributed by atoms with van der Waals surface area (Å²) in [5.41, 5.74) is 0. The highest BCUT2D eigenvalue weighted by atomic mass is 16.6. The summed E-state index contributed by atoms with van der Waals surface area (Å²) in [5.74, 6) is -0.983. The molecule has 0 aromatic heterocycles. The molecule has 1 atom stereocenters. The van der Waals surface area contributed by atoms with Gasteiger partial charge in [0.05, 0.1) is 0 Å². The Labute approximate surface area is 412 Å². The number of hydrogen-bond donors (Lipinski definition) is 0. The van der Waals surface area contributed by atoms with Crippen LogP contribution in [0.25, 0.3) is 0 Å². The zero-order valence-corrected chi connectivity index (χ0v) is 43.1. The maximum absolute atomic E-state index is 12.8. The molecule has 0 aliphatic heterocycles. The van der Waals surface area contributed by atoms with Crippen molar-refractivity contribution in [2.24, 2.45) is 0 Å². The molecule has 0 N–H and O–H groups in total. The van der Waals surface area contributed by atoms with Gasteiger partial charge in [-0.2, -0.15) is 0 Å². The van der Waals surface area contributed by atoms with Crippen molar-refractivity contribution in [1.82, 2.24) is 0 Å². The van der Waals surface area contributed by atoms with Crippen LogP contribution in [0.15, 0.2) is 122 Å². The van der Waals surface area contributed by atoms with Gasteiger partial charge in [0, 0.05) is 19.3 Å². The number of carbonyl (C=O) groups excluding carboxylic acids is 3. The zero-order chi connectivity index (χ0) is 48.6. The molecular formula is C61H98O6. The van der Waals surface area contributed by atoms with E-state index in [1.165, 1.54) is 89.9 Å². The predicted octanol–water partition coefficient (Wildman–Crippen LogP) is 18.1. The minimum Gasteiger partial charge on any atom is -0.462 e. The lowest BCUT2D eigenvalue weighted by Gasteiger charge is -2.18. The van der Waals surface area contributed by atoms with Gasteiger partial charge >= 0.3 is 17.9 Å². The Morgan fingerprint density at radius 1 is 0.313 bits per heavy atom. The van der Waals surface area contributed by atoms with Crippen LogP contribution in [-0.2, 0) is 28.6 Å². The molecule has 0 heterocycles. The van der Waals surface area contributed by atoms with Crippen LogP contribution in [0.4, 0.5) is 0 Å². The molecule has 0 aliphatic rings. The number of esters is 3. The first kappa shape index (κ1) is 62.8. The van der Waals surface area contributed by atoms with Gasteiger partial charge in [-0.1, -0.05) is 245 Å². The molecule has 0 bridgehead atoms. The quantitative estimate of drug-likeness (QED) is 0.0199.